The second-order valence-electron chi connectivity index (χ2n) is 4.52. The van der Waals surface area contributed by atoms with Crippen molar-refractivity contribution in [3.05, 3.63) is 36.0 Å². The van der Waals surface area contributed by atoms with E-state index in [0.717, 1.165) is 35.7 Å². The number of aliphatic hydroxyl groups excluding tert-OH is 1. The minimum atomic E-state index is -0.463. The average Bonchev–Trinajstić information content (AvgIpc) is 2.82. The minimum Gasteiger partial charge on any atom is -0.391 e. The summed E-state index contributed by atoms with van der Waals surface area (Å²) in [6.45, 7) is 2.12. The van der Waals surface area contributed by atoms with Gasteiger partial charge in [-0.3, -0.25) is 0 Å². The van der Waals surface area contributed by atoms with Gasteiger partial charge in [0.15, 0.2) is 0 Å². The van der Waals surface area contributed by atoms with Gasteiger partial charge in [0.2, 0.25) is 0 Å². The van der Waals surface area contributed by atoms with E-state index < -0.39 is 6.10 Å². The van der Waals surface area contributed by atoms with Crippen LogP contribution < -0.4 is 5.73 Å². The second kappa shape index (κ2) is 5.34. The van der Waals surface area contributed by atoms with Gasteiger partial charge in [-0.2, -0.15) is 0 Å². The molecule has 3 heteroatoms. The van der Waals surface area contributed by atoms with Gasteiger partial charge in [-0.15, -0.1) is 0 Å². The van der Waals surface area contributed by atoms with Gasteiger partial charge in [0.25, 0.3) is 0 Å². The fourth-order valence-electron chi connectivity index (χ4n) is 2.20. The van der Waals surface area contributed by atoms with Crippen molar-refractivity contribution in [3.63, 3.8) is 0 Å². The molecule has 0 aliphatic heterocycles. The van der Waals surface area contributed by atoms with Crippen LogP contribution in [0.3, 0.4) is 0 Å². The summed E-state index contributed by atoms with van der Waals surface area (Å²) in [5.74, 6) is 0. The highest BCUT2D eigenvalue weighted by molar-refractivity contribution is 5.83. The van der Waals surface area contributed by atoms with Gasteiger partial charge in [-0.05, 0) is 24.1 Å². The van der Waals surface area contributed by atoms with E-state index >= 15 is 0 Å². The van der Waals surface area contributed by atoms with Crippen LogP contribution in [0.15, 0.2) is 30.5 Å². The molecule has 0 radical (unpaired) electrons. The lowest BCUT2D eigenvalue weighted by Gasteiger charge is -2.19. The monoisotopic (exact) mass is 232 g/mol. The largest absolute Gasteiger partial charge is 0.391 e. The normalized spacial score (nSPS) is 15.0. The molecule has 2 atom stereocenters. The molecular formula is C14H20N2O. The van der Waals surface area contributed by atoms with Crippen LogP contribution in [0.1, 0.15) is 37.8 Å². The van der Waals surface area contributed by atoms with Crippen molar-refractivity contribution >= 4 is 10.9 Å². The Bertz CT molecular complexity index is 478. The van der Waals surface area contributed by atoms with Gasteiger partial charge < -0.3 is 15.8 Å². The number of benzene rings is 1. The molecule has 2 aromatic rings. The molecule has 0 unspecified atom stereocenters. The van der Waals surface area contributed by atoms with Gasteiger partial charge in [0, 0.05) is 17.1 Å². The van der Waals surface area contributed by atoms with Crippen LogP contribution in [0.5, 0.6) is 0 Å². The third-order valence-corrected chi connectivity index (χ3v) is 3.26. The number of unbranched alkanes of at least 4 members (excludes halogenated alkanes) is 1. The molecule has 0 saturated carbocycles. The van der Waals surface area contributed by atoms with Crippen LogP contribution in [0.4, 0.5) is 0 Å². The molecule has 1 aromatic heterocycles. The van der Waals surface area contributed by atoms with Crippen molar-refractivity contribution in [2.75, 3.05) is 0 Å². The quantitative estimate of drug-likeness (QED) is 0.742. The lowest BCUT2D eigenvalue weighted by Crippen LogP contribution is -2.26. The maximum atomic E-state index is 10.1. The Morgan fingerprint density at radius 2 is 2.18 bits per heavy atom. The zero-order chi connectivity index (χ0) is 12.3. The zero-order valence-corrected chi connectivity index (χ0v) is 10.2. The Hall–Kier alpha value is -1.32. The second-order valence-corrected chi connectivity index (χ2v) is 4.52. The summed E-state index contributed by atoms with van der Waals surface area (Å²) in [4.78, 5) is 3.16. The first-order chi connectivity index (χ1) is 8.24. The van der Waals surface area contributed by atoms with E-state index in [1.807, 2.05) is 30.5 Å². The first-order valence-corrected chi connectivity index (χ1v) is 6.23. The number of aromatic nitrogens is 1. The molecule has 92 valence electrons. The Kier molecular flexibility index (Phi) is 3.82. The van der Waals surface area contributed by atoms with Crippen molar-refractivity contribution in [1.29, 1.82) is 0 Å². The van der Waals surface area contributed by atoms with Crippen molar-refractivity contribution in [2.24, 2.45) is 5.73 Å². The van der Waals surface area contributed by atoms with Crippen LogP contribution in [-0.4, -0.2) is 16.2 Å². The zero-order valence-electron chi connectivity index (χ0n) is 10.2. The molecule has 1 aromatic carbocycles. The van der Waals surface area contributed by atoms with Gasteiger partial charge in [0.05, 0.1) is 12.1 Å². The van der Waals surface area contributed by atoms with Crippen LogP contribution >= 0.6 is 0 Å². The van der Waals surface area contributed by atoms with E-state index in [-0.39, 0.29) is 6.04 Å². The third-order valence-electron chi connectivity index (χ3n) is 3.26. The Morgan fingerprint density at radius 1 is 1.35 bits per heavy atom. The van der Waals surface area contributed by atoms with Crippen LogP contribution in [-0.2, 0) is 0 Å². The SMILES string of the molecule is CCCC[C@@H](O)[C@@H](N)c1cccc2[nH]ccc12. The molecule has 0 aliphatic rings. The molecule has 1 heterocycles. The van der Waals surface area contributed by atoms with E-state index in [1.165, 1.54) is 0 Å². The van der Waals surface area contributed by atoms with Gasteiger partial charge in [0.1, 0.15) is 0 Å². The molecule has 17 heavy (non-hydrogen) atoms. The van der Waals surface area contributed by atoms with Gasteiger partial charge >= 0.3 is 0 Å². The first-order valence-electron chi connectivity index (χ1n) is 6.23. The highest BCUT2D eigenvalue weighted by Gasteiger charge is 2.18. The van der Waals surface area contributed by atoms with E-state index in [0.29, 0.717) is 0 Å². The first kappa shape index (κ1) is 12.1. The number of rotatable bonds is 5. The number of hydrogen-bond donors (Lipinski definition) is 3. The van der Waals surface area contributed by atoms with Crippen molar-refractivity contribution in [3.8, 4) is 0 Å². The van der Waals surface area contributed by atoms with E-state index in [9.17, 15) is 5.11 Å². The van der Waals surface area contributed by atoms with E-state index in [2.05, 4.69) is 11.9 Å². The number of aromatic amines is 1. The highest BCUT2D eigenvalue weighted by atomic mass is 16.3. The summed E-state index contributed by atoms with van der Waals surface area (Å²) in [5.41, 5.74) is 8.23. The van der Waals surface area contributed by atoms with Crippen LogP contribution in [0.25, 0.3) is 10.9 Å². The number of aliphatic hydroxyl groups is 1. The molecule has 2 rings (SSSR count). The van der Waals surface area contributed by atoms with E-state index in [1.54, 1.807) is 0 Å². The number of nitrogens with one attached hydrogen (secondary N) is 1. The fourth-order valence-corrected chi connectivity index (χ4v) is 2.20. The summed E-state index contributed by atoms with van der Waals surface area (Å²) in [6, 6.07) is 7.69. The molecular weight excluding hydrogens is 212 g/mol. The maximum Gasteiger partial charge on any atom is 0.0733 e. The summed E-state index contributed by atoms with van der Waals surface area (Å²) >= 11 is 0. The van der Waals surface area contributed by atoms with Crippen molar-refractivity contribution in [1.82, 2.24) is 4.98 Å². The average molecular weight is 232 g/mol. The number of fused-ring (bicyclic) bond motifs is 1. The Morgan fingerprint density at radius 3 is 2.94 bits per heavy atom. The Balaban J connectivity index is 2.23. The molecule has 3 nitrogen and oxygen atoms in total. The highest BCUT2D eigenvalue weighted by Crippen LogP contribution is 2.25. The predicted octanol–water partition coefficient (Wildman–Crippen LogP) is 2.72. The lowest BCUT2D eigenvalue weighted by molar-refractivity contribution is 0.133. The molecule has 0 bridgehead atoms. The fraction of sp³-hybridized carbons (Fsp3) is 0.429. The number of H-pyrrole nitrogens is 1. The van der Waals surface area contributed by atoms with Crippen molar-refractivity contribution < 1.29 is 5.11 Å². The van der Waals surface area contributed by atoms with Gasteiger partial charge in [-0.25, -0.2) is 0 Å². The number of hydrogen-bond acceptors (Lipinski definition) is 2. The Labute approximate surface area is 102 Å². The van der Waals surface area contributed by atoms with E-state index in [4.69, 9.17) is 5.73 Å². The smallest absolute Gasteiger partial charge is 0.0733 e. The number of nitrogens with two attached hydrogens (primary N) is 1. The molecule has 0 amide bonds. The molecule has 0 aliphatic carbocycles. The third kappa shape index (κ3) is 2.51. The summed E-state index contributed by atoms with van der Waals surface area (Å²) in [5, 5.41) is 11.2. The molecule has 0 fully saturated rings. The topological polar surface area (TPSA) is 62.0 Å². The molecule has 0 spiro atoms. The van der Waals surface area contributed by atoms with Gasteiger partial charge in [-0.1, -0.05) is 31.9 Å². The summed E-state index contributed by atoms with van der Waals surface area (Å²) < 4.78 is 0. The van der Waals surface area contributed by atoms with Crippen LogP contribution in [0, 0.1) is 0 Å². The molecule has 4 N–H and O–H groups in total. The lowest BCUT2D eigenvalue weighted by atomic mass is 9.96. The summed E-state index contributed by atoms with van der Waals surface area (Å²) in [6.07, 6.45) is 4.30. The minimum absolute atomic E-state index is 0.305. The summed E-state index contributed by atoms with van der Waals surface area (Å²) in [7, 11) is 0. The standard InChI is InChI=1S/C14H20N2O/c1-2-3-7-13(17)14(15)11-5-4-6-12-10(11)8-9-16-12/h4-6,8-9,13-14,16-17H,2-3,7,15H2,1H3/t13-,14+/m1/s1. The maximum absolute atomic E-state index is 10.1. The molecule has 0 saturated heterocycles. The predicted molar refractivity (Wildman–Crippen MR) is 70.8 cm³/mol. The van der Waals surface area contributed by atoms with Crippen LogP contribution in [0.2, 0.25) is 0 Å². The van der Waals surface area contributed by atoms with Crippen molar-refractivity contribution in [2.45, 2.75) is 38.3 Å².